The highest BCUT2D eigenvalue weighted by Gasteiger charge is 2.28. The molecule has 2 aromatic carbocycles. The Kier molecular flexibility index (Phi) is 6.53. The highest BCUT2D eigenvalue weighted by Crippen LogP contribution is 2.33. The number of carbonyl (C=O) groups excluding carboxylic acids is 2. The highest BCUT2D eigenvalue weighted by molar-refractivity contribution is 5.91. The molecule has 0 aliphatic heterocycles. The molecule has 1 amide bonds. The number of hydrogen-bond acceptors (Lipinski definition) is 4. The second kappa shape index (κ2) is 9.11. The topological polar surface area (TPSA) is 68.3 Å². The molecule has 0 atom stereocenters. The van der Waals surface area contributed by atoms with Crippen LogP contribution in [0.3, 0.4) is 0 Å². The van der Waals surface area contributed by atoms with E-state index in [-0.39, 0.29) is 11.3 Å². The number of aryl methyl sites for hydroxylation is 1. The van der Waals surface area contributed by atoms with Gasteiger partial charge in [0, 0.05) is 36.2 Å². The summed E-state index contributed by atoms with van der Waals surface area (Å²) in [6.45, 7) is 1.81. The Morgan fingerprint density at radius 3 is 2.65 bits per heavy atom. The lowest BCUT2D eigenvalue weighted by Crippen LogP contribution is -2.12. The van der Waals surface area contributed by atoms with Crippen molar-refractivity contribution in [3.63, 3.8) is 0 Å². The minimum absolute atomic E-state index is 0.00722. The third-order valence-corrected chi connectivity index (χ3v) is 4.59. The van der Waals surface area contributed by atoms with Crippen LogP contribution in [0.4, 0.5) is 23.2 Å². The number of amides is 1. The van der Waals surface area contributed by atoms with Crippen molar-refractivity contribution >= 4 is 28.8 Å². The summed E-state index contributed by atoms with van der Waals surface area (Å²) in [6, 6.07) is 8.84. The van der Waals surface area contributed by atoms with Gasteiger partial charge in [-0.25, -0.2) is 4.39 Å². The van der Waals surface area contributed by atoms with Crippen molar-refractivity contribution < 1.29 is 31.9 Å². The fraction of sp³-hybridized carbons (Fsp3) is 0.227. The molecule has 1 N–H and O–H groups in total. The number of aromatic nitrogens is 1. The summed E-state index contributed by atoms with van der Waals surface area (Å²) < 4.78 is 56.9. The van der Waals surface area contributed by atoms with Crippen LogP contribution in [0, 0.1) is 12.7 Å². The zero-order chi connectivity index (χ0) is 22.6. The van der Waals surface area contributed by atoms with Crippen LogP contribution in [-0.2, 0) is 16.0 Å². The number of nitrogens with zero attached hydrogens (tertiary/aromatic N) is 1. The van der Waals surface area contributed by atoms with Gasteiger partial charge < -0.3 is 10.1 Å². The van der Waals surface area contributed by atoms with Crippen LogP contribution in [0.5, 0.6) is 11.5 Å². The Hall–Kier alpha value is -3.49. The van der Waals surface area contributed by atoms with E-state index in [1.807, 2.05) is 6.92 Å². The molecular weight excluding hydrogens is 416 g/mol. The maximum atomic E-state index is 14.4. The molecule has 0 saturated heterocycles. The van der Waals surface area contributed by atoms with E-state index in [1.165, 1.54) is 18.3 Å². The maximum absolute atomic E-state index is 14.4. The van der Waals surface area contributed by atoms with Gasteiger partial charge in [-0.1, -0.05) is 6.07 Å². The fourth-order valence-corrected chi connectivity index (χ4v) is 3.02. The first-order chi connectivity index (χ1) is 14.7. The van der Waals surface area contributed by atoms with Gasteiger partial charge in [-0.2, -0.15) is 13.2 Å². The van der Waals surface area contributed by atoms with Crippen LogP contribution >= 0.6 is 0 Å². The van der Waals surface area contributed by atoms with Gasteiger partial charge in [0.05, 0.1) is 11.9 Å². The first kappa shape index (κ1) is 22.2. The predicted molar refractivity (Wildman–Crippen MR) is 107 cm³/mol. The van der Waals surface area contributed by atoms with Crippen LogP contribution in [0.15, 0.2) is 42.6 Å². The molecule has 0 unspecified atom stereocenters. The lowest BCUT2D eigenvalue weighted by atomic mass is 10.0. The summed E-state index contributed by atoms with van der Waals surface area (Å²) >= 11 is 0. The molecule has 3 aromatic rings. The van der Waals surface area contributed by atoms with Gasteiger partial charge in [-0.3, -0.25) is 14.6 Å². The molecule has 162 valence electrons. The van der Waals surface area contributed by atoms with E-state index in [0.717, 1.165) is 11.6 Å². The van der Waals surface area contributed by atoms with E-state index in [9.17, 15) is 27.2 Å². The average molecular weight is 434 g/mol. The fourth-order valence-electron chi connectivity index (χ4n) is 3.02. The molecule has 9 heteroatoms. The standard InChI is InChI=1S/C22H18F4N2O3/c1-13-8-20-17(11-19(13)28-12-29)21(5-7-27-20)31-16-3-2-14(18(23)10-16)9-15(30)4-6-22(24,25)26/h2-3,5,7-8,10-12H,4,6,9H2,1H3,(H,28,29). The first-order valence-corrected chi connectivity index (χ1v) is 9.30. The molecule has 3 rings (SSSR count). The molecule has 1 heterocycles. The van der Waals surface area contributed by atoms with Gasteiger partial charge in [0.15, 0.2) is 0 Å². The van der Waals surface area contributed by atoms with Crippen molar-refractivity contribution in [3.05, 3.63) is 59.5 Å². The number of ketones is 1. The van der Waals surface area contributed by atoms with E-state index in [1.54, 1.807) is 18.2 Å². The lowest BCUT2D eigenvalue weighted by molar-refractivity contribution is -0.143. The number of nitrogens with one attached hydrogen (secondary N) is 1. The van der Waals surface area contributed by atoms with Gasteiger partial charge in [0.25, 0.3) is 0 Å². The summed E-state index contributed by atoms with van der Waals surface area (Å²) in [5, 5.41) is 3.17. The summed E-state index contributed by atoms with van der Waals surface area (Å²) in [7, 11) is 0. The summed E-state index contributed by atoms with van der Waals surface area (Å²) in [5.41, 5.74) is 1.97. The zero-order valence-electron chi connectivity index (χ0n) is 16.4. The van der Waals surface area contributed by atoms with Crippen molar-refractivity contribution in [1.82, 2.24) is 4.98 Å². The van der Waals surface area contributed by atoms with Gasteiger partial charge in [-0.05, 0) is 42.3 Å². The number of anilines is 1. The van der Waals surface area contributed by atoms with Crippen molar-refractivity contribution in [2.45, 2.75) is 32.4 Å². The Morgan fingerprint density at radius 1 is 1.19 bits per heavy atom. The number of rotatable bonds is 8. The first-order valence-electron chi connectivity index (χ1n) is 9.30. The van der Waals surface area contributed by atoms with Gasteiger partial charge >= 0.3 is 6.18 Å². The third kappa shape index (κ3) is 5.78. The van der Waals surface area contributed by atoms with Gasteiger partial charge in [-0.15, -0.1) is 0 Å². The molecule has 0 aliphatic carbocycles. The summed E-state index contributed by atoms with van der Waals surface area (Å²) in [4.78, 5) is 26.8. The van der Waals surface area contributed by atoms with Crippen molar-refractivity contribution in [1.29, 1.82) is 0 Å². The SMILES string of the molecule is Cc1cc2nccc(Oc3ccc(CC(=O)CCC(F)(F)F)c(F)c3)c2cc1NC=O. The Morgan fingerprint density at radius 2 is 1.97 bits per heavy atom. The molecule has 0 radical (unpaired) electrons. The Labute approximate surface area is 175 Å². The molecule has 0 fully saturated rings. The van der Waals surface area contributed by atoms with Crippen molar-refractivity contribution in [2.75, 3.05) is 5.32 Å². The largest absolute Gasteiger partial charge is 0.456 e. The van der Waals surface area contributed by atoms with Crippen LogP contribution in [-0.4, -0.2) is 23.4 Å². The van der Waals surface area contributed by atoms with E-state index in [4.69, 9.17) is 4.74 Å². The second-order valence-electron chi connectivity index (χ2n) is 6.94. The zero-order valence-corrected chi connectivity index (χ0v) is 16.4. The average Bonchev–Trinajstić information content (AvgIpc) is 2.69. The molecule has 31 heavy (non-hydrogen) atoms. The summed E-state index contributed by atoms with van der Waals surface area (Å²) in [6.07, 6.45) is -4.71. The van der Waals surface area contributed by atoms with Crippen LogP contribution < -0.4 is 10.1 Å². The van der Waals surface area contributed by atoms with Crippen molar-refractivity contribution in [2.24, 2.45) is 0 Å². The van der Waals surface area contributed by atoms with Crippen LogP contribution in [0.1, 0.15) is 24.0 Å². The third-order valence-electron chi connectivity index (χ3n) is 4.59. The Bertz CT molecular complexity index is 1130. The molecular formula is C22H18F4N2O3. The number of halogens is 4. The molecule has 0 spiro atoms. The van der Waals surface area contributed by atoms with Gasteiger partial charge in [0.2, 0.25) is 6.41 Å². The number of Topliss-reactive ketones (excluding diaryl/α,β-unsaturated/α-hetero) is 1. The van der Waals surface area contributed by atoms with Gasteiger partial charge in [0.1, 0.15) is 23.1 Å². The normalized spacial score (nSPS) is 11.4. The maximum Gasteiger partial charge on any atom is 0.389 e. The number of carbonyl (C=O) groups is 2. The smallest absolute Gasteiger partial charge is 0.389 e. The molecule has 0 bridgehead atoms. The van der Waals surface area contributed by atoms with E-state index in [0.29, 0.717) is 28.7 Å². The number of fused-ring (bicyclic) bond motifs is 1. The van der Waals surface area contributed by atoms with E-state index in [2.05, 4.69) is 10.3 Å². The number of ether oxygens (including phenoxy) is 1. The second-order valence-corrected chi connectivity index (χ2v) is 6.94. The minimum atomic E-state index is -4.43. The quantitative estimate of drug-likeness (QED) is 0.376. The molecule has 0 saturated carbocycles. The minimum Gasteiger partial charge on any atom is -0.456 e. The molecule has 0 aliphatic rings. The monoisotopic (exact) mass is 434 g/mol. The number of benzene rings is 2. The van der Waals surface area contributed by atoms with Crippen LogP contribution in [0.2, 0.25) is 0 Å². The van der Waals surface area contributed by atoms with Crippen molar-refractivity contribution in [3.8, 4) is 11.5 Å². The van der Waals surface area contributed by atoms with E-state index < -0.39 is 37.0 Å². The van der Waals surface area contributed by atoms with Crippen LogP contribution in [0.25, 0.3) is 10.9 Å². The Balaban J connectivity index is 1.80. The summed E-state index contributed by atoms with van der Waals surface area (Å²) in [5.74, 6) is -0.944. The van der Waals surface area contributed by atoms with E-state index >= 15 is 0 Å². The molecule has 5 nitrogen and oxygen atoms in total. The number of hydrogen-bond donors (Lipinski definition) is 1. The highest BCUT2D eigenvalue weighted by atomic mass is 19.4. The number of pyridine rings is 1. The predicted octanol–water partition coefficient (Wildman–Crippen LogP) is 5.50. The molecule has 1 aromatic heterocycles. The lowest BCUT2D eigenvalue weighted by Gasteiger charge is -2.12. The number of alkyl halides is 3.